The summed E-state index contributed by atoms with van der Waals surface area (Å²) in [6.45, 7) is 3.71. The third kappa shape index (κ3) is 4.14. The average Bonchev–Trinajstić information content (AvgIpc) is 2.94. The SMILES string of the molecule is Cc1ccc([C@@]2(c3ccccc3)NC(=O)N(CC(=O)NC3CCCCCC3)C2=O)cc1C. The van der Waals surface area contributed by atoms with Crippen LogP contribution in [0.2, 0.25) is 0 Å². The Balaban J connectivity index is 1.63. The number of imide groups is 1. The Labute approximate surface area is 189 Å². The molecule has 1 saturated heterocycles. The van der Waals surface area contributed by atoms with Crippen LogP contribution in [0.15, 0.2) is 48.5 Å². The number of nitrogens with one attached hydrogen (secondary N) is 2. The second-order valence-corrected chi connectivity index (χ2v) is 8.99. The van der Waals surface area contributed by atoms with Crippen molar-refractivity contribution < 1.29 is 14.4 Å². The molecule has 32 heavy (non-hydrogen) atoms. The van der Waals surface area contributed by atoms with Gasteiger partial charge in [0.05, 0.1) is 0 Å². The highest BCUT2D eigenvalue weighted by Crippen LogP contribution is 2.36. The predicted molar refractivity (Wildman–Crippen MR) is 123 cm³/mol. The molecule has 1 aliphatic carbocycles. The minimum absolute atomic E-state index is 0.115. The molecule has 2 aromatic carbocycles. The molecule has 2 N–H and O–H groups in total. The molecule has 2 aliphatic rings. The van der Waals surface area contributed by atoms with E-state index in [9.17, 15) is 14.4 Å². The fourth-order valence-corrected chi connectivity index (χ4v) is 4.78. The van der Waals surface area contributed by atoms with Crippen LogP contribution in [-0.2, 0) is 15.1 Å². The Morgan fingerprint density at radius 3 is 2.31 bits per heavy atom. The van der Waals surface area contributed by atoms with Crippen molar-refractivity contribution in [2.45, 2.75) is 64.0 Å². The van der Waals surface area contributed by atoms with Crippen LogP contribution >= 0.6 is 0 Å². The molecule has 1 saturated carbocycles. The molecule has 0 spiro atoms. The lowest BCUT2D eigenvalue weighted by Crippen LogP contribution is -2.47. The number of hydrogen-bond donors (Lipinski definition) is 2. The molecule has 4 rings (SSSR count). The monoisotopic (exact) mass is 433 g/mol. The average molecular weight is 434 g/mol. The van der Waals surface area contributed by atoms with Gasteiger partial charge in [-0.3, -0.25) is 14.5 Å². The topological polar surface area (TPSA) is 78.5 Å². The Kier molecular flexibility index (Phi) is 6.31. The second-order valence-electron chi connectivity index (χ2n) is 8.99. The third-order valence-electron chi connectivity index (χ3n) is 6.77. The first-order chi connectivity index (χ1) is 15.4. The first kappa shape index (κ1) is 22.1. The van der Waals surface area contributed by atoms with Crippen molar-refractivity contribution in [3.05, 3.63) is 70.8 Å². The number of nitrogens with zero attached hydrogens (tertiary/aromatic N) is 1. The maximum Gasteiger partial charge on any atom is 0.326 e. The molecular formula is C26H31N3O3. The molecule has 1 aliphatic heterocycles. The minimum Gasteiger partial charge on any atom is -0.352 e. The van der Waals surface area contributed by atoms with Crippen LogP contribution in [0.1, 0.15) is 60.8 Å². The van der Waals surface area contributed by atoms with Gasteiger partial charge in [0.25, 0.3) is 5.91 Å². The standard InChI is InChI=1S/C26H31N3O3/c1-18-14-15-21(16-19(18)2)26(20-10-6-5-7-11-20)24(31)29(25(32)28-26)17-23(30)27-22-12-8-3-4-9-13-22/h5-7,10-11,14-16,22H,3-4,8-9,12-13,17H2,1-2H3,(H,27,30)(H,28,32)/t26-/m1/s1. The number of benzene rings is 2. The van der Waals surface area contributed by atoms with Gasteiger partial charge in [0.2, 0.25) is 5.91 Å². The Morgan fingerprint density at radius 1 is 0.969 bits per heavy atom. The van der Waals surface area contributed by atoms with Gasteiger partial charge in [-0.2, -0.15) is 0 Å². The summed E-state index contributed by atoms with van der Waals surface area (Å²) in [5, 5.41) is 5.96. The molecule has 2 fully saturated rings. The molecule has 6 nitrogen and oxygen atoms in total. The van der Waals surface area contributed by atoms with Crippen LogP contribution in [0.3, 0.4) is 0 Å². The number of carbonyl (C=O) groups is 3. The number of hydrogen-bond acceptors (Lipinski definition) is 3. The van der Waals surface area contributed by atoms with Crippen LogP contribution in [0.5, 0.6) is 0 Å². The van der Waals surface area contributed by atoms with Crippen molar-refractivity contribution >= 4 is 17.8 Å². The van der Waals surface area contributed by atoms with Crippen molar-refractivity contribution in [1.82, 2.24) is 15.5 Å². The van der Waals surface area contributed by atoms with E-state index in [2.05, 4.69) is 10.6 Å². The fraction of sp³-hybridized carbons (Fsp3) is 0.423. The van der Waals surface area contributed by atoms with Gasteiger partial charge >= 0.3 is 6.03 Å². The van der Waals surface area contributed by atoms with E-state index in [1.807, 2.05) is 62.4 Å². The van der Waals surface area contributed by atoms with Gasteiger partial charge in [0.15, 0.2) is 5.54 Å². The summed E-state index contributed by atoms with van der Waals surface area (Å²) < 4.78 is 0. The van der Waals surface area contributed by atoms with E-state index in [0.717, 1.165) is 41.7 Å². The van der Waals surface area contributed by atoms with Crippen LogP contribution < -0.4 is 10.6 Å². The number of carbonyl (C=O) groups excluding carboxylic acids is 3. The van der Waals surface area contributed by atoms with E-state index in [1.54, 1.807) is 0 Å². The highest BCUT2D eigenvalue weighted by atomic mass is 16.2. The molecule has 1 atom stereocenters. The first-order valence-electron chi connectivity index (χ1n) is 11.5. The molecule has 0 bridgehead atoms. The summed E-state index contributed by atoms with van der Waals surface area (Å²) in [6, 6.07) is 14.6. The zero-order valence-corrected chi connectivity index (χ0v) is 18.8. The maximum atomic E-state index is 13.8. The summed E-state index contributed by atoms with van der Waals surface area (Å²) >= 11 is 0. The van der Waals surface area contributed by atoms with Crippen LogP contribution in [0.25, 0.3) is 0 Å². The lowest BCUT2D eigenvalue weighted by molar-refractivity contribution is -0.134. The normalized spacial score (nSPS) is 21.9. The van der Waals surface area contributed by atoms with Crippen LogP contribution in [0.4, 0.5) is 4.79 Å². The number of aryl methyl sites for hydroxylation is 2. The van der Waals surface area contributed by atoms with E-state index in [0.29, 0.717) is 11.1 Å². The zero-order valence-electron chi connectivity index (χ0n) is 18.8. The van der Waals surface area contributed by atoms with Crippen molar-refractivity contribution in [1.29, 1.82) is 0 Å². The van der Waals surface area contributed by atoms with E-state index >= 15 is 0 Å². The summed E-state index contributed by atoms with van der Waals surface area (Å²) in [6.07, 6.45) is 6.46. The molecule has 0 radical (unpaired) electrons. The largest absolute Gasteiger partial charge is 0.352 e. The summed E-state index contributed by atoms with van der Waals surface area (Å²) in [4.78, 5) is 40.6. The van der Waals surface area contributed by atoms with Crippen LogP contribution in [0, 0.1) is 13.8 Å². The molecule has 6 heteroatoms. The highest BCUT2D eigenvalue weighted by Gasteiger charge is 2.54. The minimum atomic E-state index is -1.35. The number of amides is 4. The van der Waals surface area contributed by atoms with Gasteiger partial charge in [0.1, 0.15) is 6.54 Å². The van der Waals surface area contributed by atoms with E-state index in [1.165, 1.54) is 12.8 Å². The van der Waals surface area contributed by atoms with Crippen molar-refractivity contribution in [3.63, 3.8) is 0 Å². The molecule has 168 valence electrons. The van der Waals surface area contributed by atoms with Gasteiger partial charge in [-0.1, -0.05) is 74.2 Å². The summed E-state index contributed by atoms with van der Waals surface area (Å²) in [5.41, 5.74) is 2.15. The molecule has 0 unspecified atom stereocenters. The molecular weight excluding hydrogens is 402 g/mol. The lowest BCUT2D eigenvalue weighted by Gasteiger charge is -2.28. The van der Waals surface area contributed by atoms with Gasteiger partial charge in [0, 0.05) is 6.04 Å². The Bertz CT molecular complexity index is 1010. The molecule has 4 amide bonds. The van der Waals surface area contributed by atoms with Crippen molar-refractivity contribution in [3.8, 4) is 0 Å². The summed E-state index contributed by atoms with van der Waals surface area (Å²) in [7, 11) is 0. The van der Waals surface area contributed by atoms with E-state index < -0.39 is 17.5 Å². The first-order valence-corrected chi connectivity index (χ1v) is 11.5. The quantitative estimate of drug-likeness (QED) is 0.554. The molecule has 0 aromatic heterocycles. The molecule has 1 heterocycles. The number of rotatable bonds is 5. The zero-order chi connectivity index (χ0) is 22.7. The maximum absolute atomic E-state index is 13.8. The smallest absolute Gasteiger partial charge is 0.326 e. The van der Waals surface area contributed by atoms with Gasteiger partial charge < -0.3 is 10.6 Å². The molecule has 2 aromatic rings. The number of urea groups is 1. The van der Waals surface area contributed by atoms with Gasteiger partial charge in [-0.25, -0.2) is 4.79 Å². The van der Waals surface area contributed by atoms with E-state index in [4.69, 9.17) is 0 Å². The van der Waals surface area contributed by atoms with Gasteiger partial charge in [-0.05, 0) is 48.9 Å². The fourth-order valence-electron chi connectivity index (χ4n) is 4.78. The summed E-state index contributed by atoms with van der Waals surface area (Å²) in [5.74, 6) is -0.711. The van der Waals surface area contributed by atoms with Gasteiger partial charge in [-0.15, -0.1) is 0 Å². The highest BCUT2D eigenvalue weighted by molar-refractivity contribution is 6.11. The predicted octanol–water partition coefficient (Wildman–Crippen LogP) is 3.94. The van der Waals surface area contributed by atoms with Crippen molar-refractivity contribution in [2.75, 3.05) is 6.54 Å². The second kappa shape index (κ2) is 9.15. The van der Waals surface area contributed by atoms with Crippen LogP contribution in [-0.4, -0.2) is 35.3 Å². The Hall–Kier alpha value is -3.15. The van der Waals surface area contributed by atoms with E-state index in [-0.39, 0.29) is 18.5 Å². The Morgan fingerprint density at radius 2 is 1.66 bits per heavy atom. The third-order valence-corrected chi connectivity index (χ3v) is 6.77. The lowest BCUT2D eigenvalue weighted by atomic mass is 9.81. The van der Waals surface area contributed by atoms with Crippen molar-refractivity contribution in [2.24, 2.45) is 0 Å².